The van der Waals surface area contributed by atoms with Crippen LogP contribution in [0.15, 0.2) is 96.3 Å². The van der Waals surface area contributed by atoms with E-state index in [-0.39, 0.29) is 35.3 Å². The van der Waals surface area contributed by atoms with Crippen LogP contribution in [0.25, 0.3) is 0 Å². The first kappa shape index (κ1) is 44.3. The zero-order valence-corrected chi connectivity index (χ0v) is 35.1. The Kier molecular flexibility index (Phi) is 11.8. The second kappa shape index (κ2) is 16.5. The maximum atomic E-state index is 15.5. The number of Topliss-reactive ketones (excluding diaryl/α,β-unsaturated/α-hetero) is 1. The number of ether oxygens (including phenoxy) is 5. The molecular formula is C46H50N2O14. The Labute approximate surface area is 357 Å². The normalized spacial score (nSPS) is 31.9. The van der Waals surface area contributed by atoms with Crippen LogP contribution in [0.3, 0.4) is 0 Å². The molecule has 16 heteroatoms. The van der Waals surface area contributed by atoms with Crippen LogP contribution in [0.2, 0.25) is 0 Å². The van der Waals surface area contributed by atoms with Crippen molar-refractivity contribution in [2.24, 2.45) is 16.7 Å². The fraction of sp³-hybridized carbons (Fsp3) is 0.457. The van der Waals surface area contributed by atoms with E-state index in [4.69, 9.17) is 23.7 Å². The van der Waals surface area contributed by atoms with Crippen molar-refractivity contribution in [2.45, 2.75) is 108 Å². The summed E-state index contributed by atoms with van der Waals surface area (Å²) >= 11 is 0. The number of nitrogens with zero attached hydrogens (tertiary/aromatic N) is 1. The first-order valence-corrected chi connectivity index (χ1v) is 20.3. The molecule has 3 aromatic rings. The van der Waals surface area contributed by atoms with Gasteiger partial charge >= 0.3 is 23.9 Å². The predicted octanol–water partition coefficient (Wildman–Crippen LogP) is 3.13. The van der Waals surface area contributed by atoms with Crippen molar-refractivity contribution >= 4 is 35.6 Å². The SMILES string of the molecule is CC(=O)O[C@H]1C(=O)[C@@]2(C)C(C(OC(=O)c3ccccc3)[C@]3(O)C[C@H](OC(=O)[C@H](O)[C@@H](NC(=O)c4ccccc4)c4ccncc4)C(C)=C1C3(C)C)[C@]1(OC(C)=O)CO[C@@H]1C[C@@H]2O. The lowest BCUT2D eigenvalue weighted by atomic mass is 9.44. The second-order valence-electron chi connectivity index (χ2n) is 17.2. The Morgan fingerprint density at radius 1 is 0.871 bits per heavy atom. The van der Waals surface area contributed by atoms with Gasteiger partial charge in [0, 0.05) is 50.1 Å². The lowest BCUT2D eigenvalue weighted by molar-refractivity contribution is -0.346. The fourth-order valence-corrected chi connectivity index (χ4v) is 10.1. The van der Waals surface area contributed by atoms with Gasteiger partial charge in [0.2, 0.25) is 0 Å². The molecule has 3 aliphatic carbocycles. The highest BCUT2D eigenvalue weighted by Crippen LogP contribution is 2.64. The molecule has 1 aromatic heterocycles. The van der Waals surface area contributed by atoms with E-state index in [2.05, 4.69) is 10.3 Å². The van der Waals surface area contributed by atoms with Crippen molar-refractivity contribution in [1.82, 2.24) is 10.3 Å². The predicted molar refractivity (Wildman–Crippen MR) is 215 cm³/mol. The average Bonchev–Trinajstić information content (AvgIpc) is 3.24. The Balaban J connectivity index is 1.39. The van der Waals surface area contributed by atoms with Gasteiger partial charge in [0.25, 0.3) is 5.91 Å². The topological polar surface area (TPSA) is 234 Å². The monoisotopic (exact) mass is 854 g/mol. The number of benzene rings is 2. The number of nitrogens with one attached hydrogen (secondary N) is 1. The molecule has 7 rings (SSSR count). The maximum absolute atomic E-state index is 15.5. The Morgan fingerprint density at radius 2 is 1.48 bits per heavy atom. The molecule has 1 saturated heterocycles. The van der Waals surface area contributed by atoms with Crippen molar-refractivity contribution in [3.63, 3.8) is 0 Å². The summed E-state index contributed by atoms with van der Waals surface area (Å²) in [4.78, 5) is 87.4. The molecule has 11 atom stereocenters. The van der Waals surface area contributed by atoms with Gasteiger partial charge in [0.05, 0.1) is 35.6 Å². The molecule has 3 fully saturated rings. The molecule has 1 amide bonds. The van der Waals surface area contributed by atoms with E-state index in [1.807, 2.05) is 0 Å². The van der Waals surface area contributed by atoms with Gasteiger partial charge in [-0.2, -0.15) is 0 Å². The number of rotatable bonds is 10. The summed E-state index contributed by atoms with van der Waals surface area (Å²) in [5, 5.41) is 40.2. The van der Waals surface area contributed by atoms with Crippen LogP contribution in [0.5, 0.6) is 0 Å². The Bertz CT molecular complexity index is 2290. The van der Waals surface area contributed by atoms with Crippen molar-refractivity contribution in [3.05, 3.63) is 113 Å². The van der Waals surface area contributed by atoms with Crippen LogP contribution < -0.4 is 5.32 Å². The zero-order chi connectivity index (χ0) is 44.9. The molecule has 328 valence electrons. The summed E-state index contributed by atoms with van der Waals surface area (Å²) < 4.78 is 30.2. The molecule has 2 heterocycles. The standard InChI is InChI=1S/C46H50N2O14/c1-24-30(60-42(56)35(52)34(27-17-19-47-20-18-27)48-40(54)28-13-9-7-10-14-28)22-46(57)39(61-41(55)29-15-11-8-12-16-29)37-44(6,31(51)21-32-45(37,23-58-32)62-26(3)50)38(53)36(59-25(2)49)33(24)43(46,4)5/h7-20,30-32,34-37,39,51-52,57H,21-23H2,1-6H3,(H,48,54)/t30-,31-,32+,34-,35+,36+,37?,39?,44+,45-,46+/m0/s1. The van der Waals surface area contributed by atoms with Crippen LogP contribution in [0, 0.1) is 16.7 Å². The van der Waals surface area contributed by atoms with Crippen molar-refractivity contribution in [3.8, 4) is 0 Å². The van der Waals surface area contributed by atoms with Gasteiger partial charge in [-0.15, -0.1) is 0 Å². The third-order valence-corrected chi connectivity index (χ3v) is 13.4. The van der Waals surface area contributed by atoms with Crippen LogP contribution in [-0.4, -0.2) is 110 Å². The zero-order valence-electron chi connectivity index (χ0n) is 35.1. The number of ketones is 1. The third-order valence-electron chi connectivity index (χ3n) is 13.4. The smallest absolute Gasteiger partial charge is 0.338 e. The van der Waals surface area contributed by atoms with Crippen molar-refractivity contribution in [1.29, 1.82) is 0 Å². The molecule has 0 radical (unpaired) electrons. The molecule has 62 heavy (non-hydrogen) atoms. The van der Waals surface area contributed by atoms with Gasteiger partial charge in [-0.05, 0) is 67.0 Å². The van der Waals surface area contributed by atoms with Crippen LogP contribution >= 0.6 is 0 Å². The number of hydrogen-bond acceptors (Lipinski definition) is 15. The van der Waals surface area contributed by atoms with E-state index in [0.29, 0.717) is 5.56 Å². The summed E-state index contributed by atoms with van der Waals surface area (Å²) in [6.07, 6.45) is -7.76. The molecule has 1 aliphatic heterocycles. The highest BCUT2D eigenvalue weighted by atomic mass is 16.6. The Hall–Kier alpha value is -5.81. The van der Waals surface area contributed by atoms with Crippen LogP contribution in [0.1, 0.15) is 86.7 Å². The van der Waals surface area contributed by atoms with Gasteiger partial charge in [-0.1, -0.05) is 50.2 Å². The van der Waals surface area contributed by atoms with E-state index >= 15 is 4.79 Å². The quantitative estimate of drug-likeness (QED) is 0.130. The van der Waals surface area contributed by atoms with E-state index in [1.54, 1.807) is 62.4 Å². The van der Waals surface area contributed by atoms with Crippen LogP contribution in [-0.2, 0) is 42.9 Å². The number of carbonyl (C=O) groups is 6. The Morgan fingerprint density at radius 3 is 2.05 bits per heavy atom. The molecular weight excluding hydrogens is 805 g/mol. The second-order valence-corrected chi connectivity index (χ2v) is 17.2. The first-order chi connectivity index (χ1) is 29.3. The molecule has 16 nitrogen and oxygen atoms in total. The number of aliphatic hydroxyl groups is 3. The minimum atomic E-state index is -2.40. The molecule has 2 bridgehead atoms. The van der Waals surface area contributed by atoms with Crippen molar-refractivity contribution in [2.75, 3.05) is 6.61 Å². The van der Waals surface area contributed by atoms with E-state index in [1.165, 1.54) is 50.5 Å². The van der Waals surface area contributed by atoms with Crippen molar-refractivity contribution < 1.29 is 67.8 Å². The third kappa shape index (κ3) is 7.27. The number of hydrogen-bond donors (Lipinski definition) is 4. The van der Waals surface area contributed by atoms with Gasteiger partial charge in [0.15, 0.2) is 23.6 Å². The van der Waals surface area contributed by atoms with E-state index in [9.17, 15) is 39.3 Å². The molecule has 2 saturated carbocycles. The molecule has 0 spiro atoms. The largest absolute Gasteiger partial charge is 0.456 e. The van der Waals surface area contributed by atoms with Crippen LogP contribution in [0.4, 0.5) is 0 Å². The number of carbonyl (C=O) groups excluding carboxylic acids is 6. The molecule has 2 aromatic carbocycles. The number of pyridine rings is 1. The average molecular weight is 855 g/mol. The van der Waals surface area contributed by atoms with Gasteiger partial charge in [-0.25, -0.2) is 9.59 Å². The highest BCUT2D eigenvalue weighted by molar-refractivity contribution is 5.96. The summed E-state index contributed by atoms with van der Waals surface area (Å²) in [5.41, 5.74) is -7.15. The highest BCUT2D eigenvalue weighted by Gasteiger charge is 2.78. The maximum Gasteiger partial charge on any atom is 0.338 e. The summed E-state index contributed by atoms with van der Waals surface area (Å²) in [5.74, 6) is -6.91. The van der Waals surface area contributed by atoms with Gasteiger partial charge in [-0.3, -0.25) is 24.2 Å². The van der Waals surface area contributed by atoms with Gasteiger partial charge < -0.3 is 44.3 Å². The molecule has 2 unspecified atom stereocenters. The summed E-state index contributed by atoms with van der Waals surface area (Å²) in [7, 11) is 0. The minimum absolute atomic E-state index is 0.0111. The molecule has 4 aliphatic rings. The number of amides is 1. The van der Waals surface area contributed by atoms with E-state index in [0.717, 1.165) is 13.8 Å². The minimum Gasteiger partial charge on any atom is -0.456 e. The lowest BCUT2D eigenvalue weighted by Gasteiger charge is -2.67. The summed E-state index contributed by atoms with van der Waals surface area (Å²) in [6, 6.07) is 17.6. The first-order valence-electron chi connectivity index (χ1n) is 20.3. The van der Waals surface area contributed by atoms with E-state index < -0.39 is 113 Å². The lowest BCUT2D eigenvalue weighted by Crippen LogP contribution is -2.82. The van der Waals surface area contributed by atoms with Gasteiger partial charge in [0.1, 0.15) is 23.9 Å². The number of fused-ring (bicyclic) bond motifs is 5. The fourth-order valence-electron chi connectivity index (χ4n) is 10.1. The number of aromatic nitrogens is 1. The number of aliphatic hydroxyl groups excluding tert-OH is 2. The number of esters is 4. The molecule has 4 N–H and O–H groups in total. The summed E-state index contributed by atoms with van der Waals surface area (Å²) in [6.45, 7) is 7.94.